The van der Waals surface area contributed by atoms with Crippen LogP contribution in [0.2, 0.25) is 0 Å². The van der Waals surface area contributed by atoms with Crippen LogP contribution in [0.4, 0.5) is 35.1 Å². The standard InChI is InChI=1S/C15H13NO3.4C11H6F2N.C9H9Cl.C6H5NO3.2C2H6.CH2O3.CH4.2Ir.2K.H/c1-2-11-5-7-12(8-6-11)10-19-13-4-3-9-16-14(13)15(17)18;4*12-8-4-5-9(10(13)7-8)11-3-1-2-6-14-11;1-2-8-3-5-9(7-10)6-4-8;8-4-2-1-3-7-5(4)6(9)10;2*1-2;2-1-4-3;;;;;;/h2-9H,1,10H2,(H,17,18);4*1-4,6-7H;2-6H,1,7H2;1-3,8H,(H,9,10);2*1-2H3;1,3H;1H4;;;;;/q;4*-1;;;;;;;;;2*+1;-1/p-1. The Bertz CT molecular complexity index is 4180. The number of hydrogen-bond acceptors (Lipinski definition) is 13. The van der Waals surface area contributed by atoms with Gasteiger partial charge in [-0.05, 0) is 93.6 Å². The summed E-state index contributed by atoms with van der Waals surface area (Å²) in [5, 5.41) is 34.6. The Morgan fingerprint density at radius 2 is 0.759 bits per heavy atom. The average molecular weight is 1910 g/mol. The number of ether oxygens (including phenoxy) is 1. The number of pyridine rings is 6. The molecule has 0 saturated heterocycles. The van der Waals surface area contributed by atoms with Gasteiger partial charge in [-0.3, -0.25) is 39.9 Å². The largest absolute Gasteiger partial charge is 1.00 e. The van der Waals surface area contributed by atoms with E-state index >= 15 is 0 Å². The first-order valence-electron chi connectivity index (χ1n) is 30.3. The Labute approximate surface area is 740 Å². The number of aromatic nitrogens is 6. The maximum Gasteiger partial charge on any atom is 1.00 e. The van der Waals surface area contributed by atoms with Gasteiger partial charge in [0.05, 0.1) is 0 Å². The van der Waals surface area contributed by atoms with E-state index in [-0.39, 0.29) is 203 Å². The molecular weight excluding hydrogens is 1840 g/mol. The third-order valence-corrected chi connectivity index (χ3v) is 12.4. The fraction of sp³-hybridized carbons (Fsp3) is 0.0875. The van der Waals surface area contributed by atoms with Crippen LogP contribution in [0.3, 0.4) is 0 Å². The molecule has 12 aromatic rings. The third kappa shape index (κ3) is 38.9. The van der Waals surface area contributed by atoms with E-state index in [1.54, 1.807) is 116 Å². The van der Waals surface area contributed by atoms with E-state index in [0.717, 1.165) is 70.8 Å². The minimum Gasteiger partial charge on any atom is -1.00 e. The molecule has 0 aliphatic heterocycles. The Kier molecular flexibility index (Phi) is 58.7. The van der Waals surface area contributed by atoms with Crippen LogP contribution in [-0.4, -0.2) is 63.6 Å². The first-order chi connectivity index (χ1) is 49.8. The number of benzene rings is 6. The number of carbonyl (C=O) groups excluding carboxylic acids is 1. The summed E-state index contributed by atoms with van der Waals surface area (Å²) in [6.45, 7) is 15.4. The van der Waals surface area contributed by atoms with Gasteiger partial charge in [0.25, 0.3) is 6.47 Å². The predicted octanol–water partition coefficient (Wildman–Crippen LogP) is 13.1. The Balaban J connectivity index is -0.000000579. The molecule has 560 valence electrons. The van der Waals surface area contributed by atoms with Gasteiger partial charge < -0.3 is 51.6 Å². The van der Waals surface area contributed by atoms with Crippen molar-refractivity contribution in [2.75, 3.05) is 0 Å². The van der Waals surface area contributed by atoms with E-state index in [1.165, 1.54) is 24.5 Å². The molecule has 28 heteroatoms. The van der Waals surface area contributed by atoms with Gasteiger partial charge in [-0.25, -0.2) is 19.6 Å². The molecule has 0 unspecified atom stereocenters. The average Bonchev–Trinajstić information content (AvgIpc) is 0.861. The second-order valence-electron chi connectivity index (χ2n) is 18.9. The van der Waals surface area contributed by atoms with Gasteiger partial charge in [0.1, 0.15) is 12.4 Å². The van der Waals surface area contributed by atoms with Crippen molar-refractivity contribution < 1.29 is 224 Å². The zero-order valence-corrected chi connectivity index (χ0v) is 69.8. The van der Waals surface area contributed by atoms with Crippen molar-refractivity contribution in [3.05, 3.63) is 349 Å². The second kappa shape index (κ2) is 60.8. The quantitative estimate of drug-likeness (QED) is 0.0185. The van der Waals surface area contributed by atoms with Crippen LogP contribution in [0.5, 0.6) is 11.5 Å². The molecule has 2 radical (unpaired) electrons. The smallest absolute Gasteiger partial charge is 1.00 e. The fourth-order valence-electron chi connectivity index (χ4n) is 7.49. The summed E-state index contributed by atoms with van der Waals surface area (Å²) in [4.78, 5) is 55.4. The maximum atomic E-state index is 13.2. The van der Waals surface area contributed by atoms with Crippen LogP contribution in [0.25, 0.3) is 57.2 Å². The van der Waals surface area contributed by atoms with E-state index in [4.69, 9.17) is 41.7 Å². The Hall–Kier alpha value is -8.03. The molecule has 0 saturated carbocycles. The van der Waals surface area contributed by atoms with Crippen molar-refractivity contribution in [3.63, 3.8) is 0 Å². The molecule has 0 aliphatic rings. The SMILES string of the molecule is C.C=Cc1ccc(CCl)cc1.C=Cc1ccc(COc2cccnc2C(=O)O)cc1.CC.CC.Fc1c[c-]c(-c2ccccn2)c(F)c1.Fc1c[c-]c(-c2ccccn2)c(F)c1.Fc1c[c-]c(-c2ccccn2)c(F)c1.Fc1c[c-]c(-c2ccccn2)c(F)c1.O=C(O)c1ncccc1O.O=CO[O-].[H-].[Ir].[Ir].[K+].[K+]. The van der Waals surface area contributed by atoms with Crippen molar-refractivity contribution in [1.82, 2.24) is 29.9 Å². The molecular formula is C80H69ClF8Ir2K2N6O9-4. The molecule has 6 aromatic heterocycles. The van der Waals surface area contributed by atoms with E-state index < -0.39 is 58.5 Å². The number of nitrogens with zero attached hydrogens (tertiary/aromatic N) is 6. The molecule has 108 heavy (non-hydrogen) atoms. The van der Waals surface area contributed by atoms with Gasteiger partial charge >= 0.3 is 115 Å². The number of carboxylic acid groups (broad SMARTS) is 2. The van der Waals surface area contributed by atoms with E-state index in [0.29, 0.717) is 35.3 Å². The van der Waals surface area contributed by atoms with E-state index in [2.05, 4.69) is 72.2 Å². The second-order valence-corrected chi connectivity index (χ2v) is 19.1. The van der Waals surface area contributed by atoms with Gasteiger partial charge in [-0.2, -0.15) is 0 Å². The van der Waals surface area contributed by atoms with Crippen molar-refractivity contribution in [1.29, 1.82) is 0 Å². The Morgan fingerprint density at radius 1 is 0.472 bits per heavy atom. The number of hydrogen-bond donors (Lipinski definition) is 3. The zero-order valence-electron chi connectivity index (χ0n) is 59.0. The molecule has 12 rings (SSSR count). The maximum absolute atomic E-state index is 13.2. The topological polar surface area (TPSA) is 231 Å². The van der Waals surface area contributed by atoms with Crippen LogP contribution in [-0.2, 0) is 62.4 Å². The zero-order chi connectivity index (χ0) is 75.9. The van der Waals surface area contributed by atoms with Crippen LogP contribution in [0, 0.1) is 70.8 Å². The van der Waals surface area contributed by atoms with Gasteiger partial charge in [0.2, 0.25) is 0 Å². The number of alkyl halides is 1. The predicted molar refractivity (Wildman–Crippen MR) is 382 cm³/mol. The number of rotatable bonds is 13. The molecule has 6 aromatic carbocycles. The summed E-state index contributed by atoms with van der Waals surface area (Å²) < 4.78 is 109. The molecule has 0 spiro atoms. The van der Waals surface area contributed by atoms with E-state index in [1.807, 2.05) is 82.3 Å². The summed E-state index contributed by atoms with van der Waals surface area (Å²) in [5.74, 6) is -6.93. The Morgan fingerprint density at radius 3 is 1.00 bits per heavy atom. The molecule has 3 N–H and O–H groups in total. The molecule has 0 bridgehead atoms. The van der Waals surface area contributed by atoms with Gasteiger partial charge in [0, 0.05) is 130 Å². The van der Waals surface area contributed by atoms with Crippen LogP contribution >= 0.6 is 11.6 Å². The summed E-state index contributed by atoms with van der Waals surface area (Å²) in [5.41, 5.74) is 6.40. The van der Waals surface area contributed by atoms with Crippen LogP contribution in [0.1, 0.15) is 79.8 Å². The van der Waals surface area contributed by atoms with Gasteiger partial charge in [-0.15, -0.1) is 60.1 Å². The van der Waals surface area contributed by atoms with E-state index in [9.17, 15) is 44.7 Å². The minimum atomic E-state index is -1.22. The first-order valence-corrected chi connectivity index (χ1v) is 30.8. The number of carboxylic acids is 2. The minimum absolute atomic E-state index is 0. The monoisotopic (exact) mass is 1910 g/mol. The molecule has 6 heterocycles. The van der Waals surface area contributed by atoms with Gasteiger partial charge in [0.15, 0.2) is 17.1 Å². The molecule has 0 atom stereocenters. The fourth-order valence-corrected chi connectivity index (χ4v) is 7.67. The molecule has 0 fully saturated rings. The summed E-state index contributed by atoms with van der Waals surface area (Å²) in [6, 6.07) is 59.8. The number of aromatic hydroxyl groups is 1. The summed E-state index contributed by atoms with van der Waals surface area (Å²) in [7, 11) is 0. The molecule has 0 amide bonds. The third-order valence-electron chi connectivity index (χ3n) is 12.1. The van der Waals surface area contributed by atoms with Crippen molar-refractivity contribution in [2.45, 2.75) is 47.6 Å². The normalized spacial score (nSPS) is 9.02. The van der Waals surface area contributed by atoms with Crippen molar-refractivity contribution in [3.8, 4) is 56.5 Å². The number of halogens is 9. The van der Waals surface area contributed by atoms with Crippen molar-refractivity contribution >= 4 is 42.2 Å². The van der Waals surface area contributed by atoms with Crippen molar-refractivity contribution in [2.24, 2.45) is 0 Å². The molecule has 15 nitrogen and oxygen atoms in total. The van der Waals surface area contributed by atoms with Crippen LogP contribution < -0.4 is 113 Å². The summed E-state index contributed by atoms with van der Waals surface area (Å²) in [6.07, 6.45) is 12.5. The first kappa shape index (κ1) is 104. The van der Waals surface area contributed by atoms with Crippen LogP contribution in [0.15, 0.2) is 244 Å². The number of aromatic carboxylic acids is 2. The van der Waals surface area contributed by atoms with Gasteiger partial charge in [-0.1, -0.05) is 204 Å². The molecule has 0 aliphatic carbocycles. The number of carbonyl (C=O) groups is 3. The summed E-state index contributed by atoms with van der Waals surface area (Å²) >= 11 is 5.60.